The second-order valence-electron chi connectivity index (χ2n) is 9.78. The number of carbonyl (C=O) groups is 2. The van der Waals surface area contributed by atoms with Crippen LogP contribution in [0.3, 0.4) is 0 Å². The van der Waals surface area contributed by atoms with E-state index >= 15 is 0 Å². The highest BCUT2D eigenvalue weighted by molar-refractivity contribution is 6.18. The van der Waals surface area contributed by atoms with Gasteiger partial charge in [0.1, 0.15) is 0 Å². The number of benzene rings is 5. The summed E-state index contributed by atoms with van der Waals surface area (Å²) in [6.07, 6.45) is 13.2. The average Bonchev–Trinajstić information content (AvgIpc) is 3.72. The predicted octanol–water partition coefficient (Wildman–Crippen LogP) is 8.23. The van der Waals surface area contributed by atoms with Crippen molar-refractivity contribution in [2.45, 2.75) is 12.8 Å². The Morgan fingerprint density at radius 3 is 1.80 bits per heavy atom. The first-order valence-electron chi connectivity index (χ1n) is 13.4. The van der Waals surface area contributed by atoms with Crippen LogP contribution in [0.25, 0.3) is 32.3 Å². The molecule has 0 aliphatic heterocycles. The van der Waals surface area contributed by atoms with Gasteiger partial charge in [0.05, 0.1) is 5.56 Å². The van der Waals surface area contributed by atoms with Crippen molar-refractivity contribution in [2.24, 2.45) is 0 Å². The van der Waals surface area contributed by atoms with E-state index in [0.29, 0.717) is 0 Å². The second-order valence-corrected chi connectivity index (χ2v) is 9.78. The zero-order chi connectivity index (χ0) is 27.3. The molecule has 2 N–H and O–H groups in total. The molecule has 5 aromatic carbocycles. The SMILES string of the molecule is O=C(NC1=CC=CC1)c1c2ccccc2cc2ccccc12.O=C(Nc1cccc2ccccc12)C1=CC=CC1. The van der Waals surface area contributed by atoms with Crippen LogP contribution in [0.15, 0.2) is 145 Å². The number of amides is 2. The molecule has 0 fully saturated rings. The van der Waals surface area contributed by atoms with Gasteiger partial charge in [0.25, 0.3) is 11.8 Å². The van der Waals surface area contributed by atoms with E-state index < -0.39 is 0 Å². The van der Waals surface area contributed by atoms with Gasteiger partial charge in [-0.05, 0) is 51.6 Å². The molecule has 0 saturated heterocycles. The summed E-state index contributed by atoms with van der Waals surface area (Å²) >= 11 is 0. The minimum Gasteiger partial charge on any atom is -0.325 e. The molecule has 194 valence electrons. The van der Waals surface area contributed by atoms with Crippen LogP contribution in [0.1, 0.15) is 23.2 Å². The van der Waals surface area contributed by atoms with Crippen molar-refractivity contribution in [2.75, 3.05) is 5.32 Å². The maximum absolute atomic E-state index is 12.8. The molecule has 0 bridgehead atoms. The Labute approximate surface area is 233 Å². The van der Waals surface area contributed by atoms with Crippen LogP contribution in [0, 0.1) is 0 Å². The molecule has 2 aliphatic carbocycles. The van der Waals surface area contributed by atoms with E-state index in [-0.39, 0.29) is 11.8 Å². The van der Waals surface area contributed by atoms with Crippen molar-refractivity contribution in [3.63, 3.8) is 0 Å². The topological polar surface area (TPSA) is 58.2 Å². The average molecular weight is 521 g/mol. The zero-order valence-corrected chi connectivity index (χ0v) is 21.9. The van der Waals surface area contributed by atoms with Crippen molar-refractivity contribution >= 4 is 49.8 Å². The first-order valence-corrected chi connectivity index (χ1v) is 13.4. The number of rotatable bonds is 4. The van der Waals surface area contributed by atoms with E-state index in [1.807, 2.05) is 115 Å². The Bertz CT molecular complexity index is 1830. The molecular formula is C36H28N2O2. The molecule has 5 aromatic rings. The van der Waals surface area contributed by atoms with Gasteiger partial charge in [-0.1, -0.05) is 115 Å². The van der Waals surface area contributed by atoms with Gasteiger partial charge < -0.3 is 10.6 Å². The summed E-state index contributed by atoms with van der Waals surface area (Å²) in [5.74, 6) is -0.0562. The molecule has 0 spiro atoms. The standard InChI is InChI=1S/C20H15NO.C16H13NO/c22-20(21-16-9-3-4-10-16)19-17-11-5-1-7-14(17)13-15-8-2-6-12-18(15)19;18-16(13-7-1-2-8-13)17-15-11-5-9-12-6-3-4-10-14(12)15/h1-9,11-13H,10H2,(H,21,22);1-7,9-11H,8H2,(H,17,18). The van der Waals surface area contributed by atoms with Crippen LogP contribution in [0.5, 0.6) is 0 Å². The number of carbonyl (C=O) groups excluding carboxylic acids is 2. The Morgan fingerprint density at radius 1 is 0.550 bits per heavy atom. The highest BCUT2D eigenvalue weighted by Gasteiger charge is 2.16. The Morgan fingerprint density at radius 2 is 1.15 bits per heavy atom. The molecule has 0 heterocycles. The molecule has 0 saturated carbocycles. The van der Waals surface area contributed by atoms with Gasteiger partial charge in [0, 0.05) is 28.8 Å². The van der Waals surface area contributed by atoms with Gasteiger partial charge in [-0.2, -0.15) is 0 Å². The van der Waals surface area contributed by atoms with E-state index in [1.165, 1.54) is 0 Å². The quantitative estimate of drug-likeness (QED) is 0.235. The first kappa shape index (κ1) is 25.1. The molecule has 4 heteroatoms. The lowest BCUT2D eigenvalue weighted by Gasteiger charge is -2.12. The van der Waals surface area contributed by atoms with Crippen LogP contribution in [0.2, 0.25) is 0 Å². The van der Waals surface area contributed by atoms with Gasteiger partial charge in [-0.15, -0.1) is 0 Å². The van der Waals surface area contributed by atoms with E-state index in [1.54, 1.807) is 0 Å². The Hall–Kier alpha value is -5.22. The van der Waals surface area contributed by atoms with Crippen molar-refractivity contribution < 1.29 is 9.59 Å². The van der Waals surface area contributed by atoms with Crippen molar-refractivity contribution in [3.05, 3.63) is 150 Å². The number of allylic oxidation sites excluding steroid dienone is 6. The van der Waals surface area contributed by atoms with Crippen molar-refractivity contribution in [1.82, 2.24) is 5.32 Å². The van der Waals surface area contributed by atoms with E-state index in [0.717, 1.165) is 67.7 Å². The number of hydrogen-bond donors (Lipinski definition) is 2. The van der Waals surface area contributed by atoms with E-state index in [2.05, 4.69) is 28.8 Å². The molecule has 0 aromatic heterocycles. The number of hydrogen-bond acceptors (Lipinski definition) is 2. The summed E-state index contributed by atoms with van der Waals surface area (Å²) in [6, 6.07) is 32.2. The smallest absolute Gasteiger partial charge is 0.256 e. The fraction of sp³-hybridized carbons (Fsp3) is 0.0556. The molecule has 40 heavy (non-hydrogen) atoms. The van der Waals surface area contributed by atoms with Crippen LogP contribution in [-0.2, 0) is 4.79 Å². The number of nitrogens with one attached hydrogen (secondary N) is 2. The van der Waals surface area contributed by atoms with Gasteiger partial charge >= 0.3 is 0 Å². The largest absolute Gasteiger partial charge is 0.325 e. The van der Waals surface area contributed by atoms with Crippen molar-refractivity contribution in [1.29, 1.82) is 0 Å². The zero-order valence-electron chi connectivity index (χ0n) is 21.9. The first-order chi connectivity index (χ1) is 19.7. The Kier molecular flexibility index (Phi) is 7.06. The molecule has 4 nitrogen and oxygen atoms in total. The summed E-state index contributed by atoms with van der Waals surface area (Å²) in [4.78, 5) is 24.9. The molecule has 0 radical (unpaired) electrons. The minimum atomic E-state index is -0.0389. The summed E-state index contributed by atoms with van der Waals surface area (Å²) < 4.78 is 0. The third-order valence-electron chi connectivity index (χ3n) is 7.14. The third kappa shape index (κ3) is 5.20. The maximum Gasteiger partial charge on any atom is 0.256 e. The van der Waals surface area contributed by atoms with Crippen molar-refractivity contribution in [3.8, 4) is 0 Å². The lowest BCUT2D eigenvalue weighted by atomic mass is 9.96. The van der Waals surface area contributed by atoms with Gasteiger partial charge in [0.2, 0.25) is 0 Å². The molecule has 0 atom stereocenters. The maximum atomic E-state index is 12.8. The van der Waals surface area contributed by atoms with E-state index in [9.17, 15) is 9.59 Å². The highest BCUT2D eigenvalue weighted by atomic mass is 16.2. The van der Waals surface area contributed by atoms with Crippen LogP contribution in [-0.4, -0.2) is 11.8 Å². The van der Waals surface area contributed by atoms with Gasteiger partial charge in [-0.25, -0.2) is 0 Å². The second kappa shape index (κ2) is 11.3. The Balaban J connectivity index is 0.000000148. The van der Waals surface area contributed by atoms with Crippen LogP contribution in [0.4, 0.5) is 5.69 Å². The molecular weight excluding hydrogens is 492 g/mol. The van der Waals surface area contributed by atoms with Crippen LogP contribution < -0.4 is 10.6 Å². The lowest BCUT2D eigenvalue weighted by molar-refractivity contribution is -0.112. The number of anilines is 1. The molecule has 2 amide bonds. The monoisotopic (exact) mass is 520 g/mol. The minimum absolute atomic E-state index is 0.0173. The summed E-state index contributed by atoms with van der Waals surface area (Å²) in [6.45, 7) is 0. The lowest BCUT2D eigenvalue weighted by Crippen LogP contribution is -2.22. The third-order valence-corrected chi connectivity index (χ3v) is 7.14. The predicted molar refractivity (Wildman–Crippen MR) is 165 cm³/mol. The summed E-state index contributed by atoms with van der Waals surface area (Å²) in [5.41, 5.74) is 3.37. The highest BCUT2D eigenvalue weighted by Crippen LogP contribution is 2.29. The molecule has 0 unspecified atom stereocenters. The molecule has 2 aliphatic rings. The summed E-state index contributed by atoms with van der Waals surface area (Å²) in [7, 11) is 0. The van der Waals surface area contributed by atoms with Gasteiger partial charge in [0.15, 0.2) is 0 Å². The number of fused-ring (bicyclic) bond motifs is 3. The molecule has 7 rings (SSSR count). The van der Waals surface area contributed by atoms with Crippen LogP contribution >= 0.6 is 0 Å². The summed E-state index contributed by atoms with van der Waals surface area (Å²) in [5, 5.41) is 12.4. The van der Waals surface area contributed by atoms with E-state index in [4.69, 9.17) is 0 Å². The van der Waals surface area contributed by atoms with Gasteiger partial charge in [-0.3, -0.25) is 9.59 Å². The fourth-order valence-corrected chi connectivity index (χ4v) is 5.16. The fourth-order valence-electron chi connectivity index (χ4n) is 5.16. The normalized spacial score (nSPS) is 13.6.